The van der Waals surface area contributed by atoms with Crippen molar-refractivity contribution in [3.05, 3.63) is 39.9 Å². The van der Waals surface area contributed by atoms with Gasteiger partial charge in [0.2, 0.25) is 5.91 Å². The van der Waals surface area contributed by atoms with Crippen LogP contribution in [-0.4, -0.2) is 58.6 Å². The van der Waals surface area contributed by atoms with E-state index >= 15 is 0 Å². The lowest BCUT2D eigenvalue weighted by atomic mass is 10.2. The van der Waals surface area contributed by atoms with Gasteiger partial charge in [-0.25, -0.2) is 9.59 Å². The van der Waals surface area contributed by atoms with Gasteiger partial charge in [-0.05, 0) is 42.8 Å². The van der Waals surface area contributed by atoms with Crippen LogP contribution in [0.3, 0.4) is 0 Å². The smallest absolute Gasteiger partial charge is 0.410 e. The minimum absolute atomic E-state index is 0.0619. The number of nitro groups is 1. The molecule has 1 aromatic carbocycles. The van der Waals surface area contributed by atoms with Crippen LogP contribution >= 0.6 is 11.8 Å². The van der Waals surface area contributed by atoms with Gasteiger partial charge in [0.05, 0.1) is 11.5 Å². The molecule has 11 heteroatoms. The molecule has 2 atom stereocenters. The number of carbonyl (C=O) groups is 3. The van der Waals surface area contributed by atoms with Crippen LogP contribution in [0.5, 0.6) is 0 Å². The zero-order chi connectivity index (χ0) is 20.7. The van der Waals surface area contributed by atoms with Crippen LogP contribution < -0.4 is 5.32 Å². The Labute approximate surface area is 165 Å². The van der Waals surface area contributed by atoms with E-state index in [-0.39, 0.29) is 36.6 Å². The van der Waals surface area contributed by atoms with E-state index < -0.39 is 22.4 Å². The number of rotatable bonds is 6. The molecule has 1 fully saturated rings. The van der Waals surface area contributed by atoms with Gasteiger partial charge >= 0.3 is 11.4 Å². The molecule has 2 unspecified atom stereocenters. The molecule has 0 radical (unpaired) electrons. The third-order valence-electron chi connectivity index (χ3n) is 4.08. The predicted molar refractivity (Wildman–Crippen MR) is 101 cm³/mol. The minimum Gasteiger partial charge on any atom is -0.458 e. The maximum absolute atomic E-state index is 12.5. The molecule has 10 nitrogen and oxygen atoms in total. The SMILES string of the molecule is CCOC(=O)SC1CC(C(=O)NC)N(C(=O)OCc2ccc([N+](=O)[O-])cc2)C1. The van der Waals surface area contributed by atoms with Gasteiger partial charge in [-0.15, -0.1) is 0 Å². The number of thioether (sulfide) groups is 1. The lowest BCUT2D eigenvalue weighted by Gasteiger charge is -2.22. The Morgan fingerprint density at radius 1 is 1.29 bits per heavy atom. The van der Waals surface area contributed by atoms with Crippen molar-refractivity contribution in [2.45, 2.75) is 31.2 Å². The summed E-state index contributed by atoms with van der Waals surface area (Å²) in [6, 6.07) is 4.87. The van der Waals surface area contributed by atoms with E-state index in [1.54, 1.807) is 6.92 Å². The Kier molecular flexibility index (Phi) is 7.61. The monoisotopic (exact) mass is 411 g/mol. The summed E-state index contributed by atoms with van der Waals surface area (Å²) in [7, 11) is 1.47. The Morgan fingerprint density at radius 3 is 2.54 bits per heavy atom. The first-order chi connectivity index (χ1) is 13.3. The van der Waals surface area contributed by atoms with Gasteiger partial charge < -0.3 is 14.8 Å². The molecular formula is C17H21N3O7S. The zero-order valence-corrected chi connectivity index (χ0v) is 16.3. The van der Waals surface area contributed by atoms with Crippen molar-refractivity contribution in [1.82, 2.24) is 10.2 Å². The molecule has 0 spiro atoms. The molecule has 0 aromatic heterocycles. The van der Waals surface area contributed by atoms with Crippen molar-refractivity contribution >= 4 is 34.8 Å². The summed E-state index contributed by atoms with van der Waals surface area (Å²) in [6.45, 7) is 2.02. The lowest BCUT2D eigenvalue weighted by Crippen LogP contribution is -2.45. The molecule has 1 saturated heterocycles. The third-order valence-corrected chi connectivity index (χ3v) is 5.07. The largest absolute Gasteiger partial charge is 0.458 e. The topological polar surface area (TPSA) is 128 Å². The van der Waals surface area contributed by atoms with E-state index in [0.29, 0.717) is 12.0 Å². The van der Waals surface area contributed by atoms with Gasteiger partial charge in [-0.1, -0.05) is 0 Å². The van der Waals surface area contributed by atoms with Gasteiger partial charge in [-0.2, -0.15) is 0 Å². The van der Waals surface area contributed by atoms with E-state index in [1.807, 2.05) is 0 Å². The fourth-order valence-corrected chi connectivity index (χ4v) is 3.70. The molecular weight excluding hydrogens is 390 g/mol. The van der Waals surface area contributed by atoms with Crippen molar-refractivity contribution in [3.8, 4) is 0 Å². The van der Waals surface area contributed by atoms with E-state index in [1.165, 1.54) is 36.2 Å². The summed E-state index contributed by atoms with van der Waals surface area (Å²) in [5.74, 6) is -0.348. The second kappa shape index (κ2) is 9.93. The summed E-state index contributed by atoms with van der Waals surface area (Å²) in [5, 5.41) is 12.4. The number of carbonyl (C=O) groups excluding carboxylic acids is 3. The van der Waals surface area contributed by atoms with Crippen LogP contribution in [0.15, 0.2) is 24.3 Å². The number of benzene rings is 1. The van der Waals surface area contributed by atoms with Crippen LogP contribution in [0.1, 0.15) is 18.9 Å². The van der Waals surface area contributed by atoms with Crippen molar-refractivity contribution in [1.29, 1.82) is 0 Å². The number of amides is 2. The van der Waals surface area contributed by atoms with Crippen molar-refractivity contribution in [3.63, 3.8) is 0 Å². The highest BCUT2D eigenvalue weighted by Crippen LogP contribution is 2.29. The van der Waals surface area contributed by atoms with Gasteiger partial charge in [0.25, 0.3) is 5.69 Å². The molecule has 1 aromatic rings. The summed E-state index contributed by atoms with van der Waals surface area (Å²) >= 11 is 0.949. The quantitative estimate of drug-likeness (QED) is 0.429. The Bertz CT molecular complexity index is 741. The molecule has 1 aliphatic heterocycles. The second-order valence-corrected chi connectivity index (χ2v) is 7.15. The molecule has 2 rings (SSSR count). The zero-order valence-electron chi connectivity index (χ0n) is 15.5. The predicted octanol–water partition coefficient (Wildman–Crippen LogP) is 2.31. The number of likely N-dealkylation sites (N-methyl/N-ethyl adjacent to an activating group) is 1. The number of nitrogens with zero attached hydrogens (tertiary/aromatic N) is 2. The van der Waals surface area contributed by atoms with Crippen molar-refractivity contribution in [2.24, 2.45) is 0 Å². The molecule has 152 valence electrons. The van der Waals surface area contributed by atoms with Gasteiger partial charge in [-0.3, -0.25) is 19.8 Å². The number of nitro benzene ring substituents is 1. The van der Waals surface area contributed by atoms with Crippen LogP contribution in [-0.2, 0) is 20.9 Å². The average molecular weight is 411 g/mol. The molecule has 1 N–H and O–H groups in total. The van der Waals surface area contributed by atoms with Crippen molar-refractivity contribution in [2.75, 3.05) is 20.2 Å². The first kappa shape index (κ1) is 21.5. The van der Waals surface area contributed by atoms with Crippen LogP contribution in [0.2, 0.25) is 0 Å². The van der Waals surface area contributed by atoms with E-state index in [4.69, 9.17) is 9.47 Å². The number of ether oxygens (including phenoxy) is 2. The Balaban J connectivity index is 1.98. The molecule has 2 amide bonds. The molecule has 0 saturated carbocycles. The molecule has 0 aliphatic carbocycles. The van der Waals surface area contributed by atoms with Crippen molar-refractivity contribution < 1.29 is 28.8 Å². The van der Waals surface area contributed by atoms with E-state index in [2.05, 4.69) is 5.32 Å². The van der Waals surface area contributed by atoms with Crippen LogP contribution in [0.4, 0.5) is 15.3 Å². The second-order valence-electron chi connectivity index (χ2n) is 5.92. The highest BCUT2D eigenvalue weighted by molar-refractivity contribution is 8.13. The standard InChI is InChI=1S/C17H21N3O7S/c1-3-26-17(23)28-13-8-14(15(21)18-2)19(9-13)16(22)27-10-11-4-6-12(7-5-11)20(24)25/h4-7,13-14H,3,8-10H2,1-2H3,(H,18,21). The summed E-state index contributed by atoms with van der Waals surface area (Å²) < 4.78 is 10.1. The number of hydrogen-bond acceptors (Lipinski definition) is 8. The first-order valence-corrected chi connectivity index (χ1v) is 9.45. The Hall–Kier alpha value is -2.82. The highest BCUT2D eigenvalue weighted by Gasteiger charge is 2.41. The number of nitrogens with one attached hydrogen (secondary N) is 1. The third kappa shape index (κ3) is 5.59. The lowest BCUT2D eigenvalue weighted by molar-refractivity contribution is -0.384. The summed E-state index contributed by atoms with van der Waals surface area (Å²) in [6.07, 6.45) is -0.394. The number of hydrogen-bond donors (Lipinski definition) is 1. The van der Waals surface area contributed by atoms with Gasteiger partial charge in [0, 0.05) is 31.0 Å². The minimum atomic E-state index is -0.749. The maximum atomic E-state index is 12.5. The average Bonchev–Trinajstić information content (AvgIpc) is 3.09. The number of non-ortho nitro benzene ring substituents is 1. The summed E-state index contributed by atoms with van der Waals surface area (Å²) in [5.41, 5.74) is 0.514. The Morgan fingerprint density at radius 2 is 1.96 bits per heavy atom. The van der Waals surface area contributed by atoms with Crippen LogP contribution in [0, 0.1) is 10.1 Å². The molecule has 1 aliphatic rings. The molecule has 0 bridgehead atoms. The molecule has 1 heterocycles. The normalized spacial score (nSPS) is 18.4. The summed E-state index contributed by atoms with van der Waals surface area (Å²) in [4.78, 5) is 47.7. The van der Waals surface area contributed by atoms with E-state index in [9.17, 15) is 24.5 Å². The maximum Gasteiger partial charge on any atom is 0.410 e. The van der Waals surface area contributed by atoms with Gasteiger partial charge in [0.15, 0.2) is 0 Å². The van der Waals surface area contributed by atoms with E-state index in [0.717, 1.165) is 11.8 Å². The number of likely N-dealkylation sites (tertiary alicyclic amines) is 1. The fraction of sp³-hybridized carbons (Fsp3) is 0.471. The van der Waals surface area contributed by atoms with Gasteiger partial charge in [0.1, 0.15) is 12.6 Å². The molecule has 28 heavy (non-hydrogen) atoms. The first-order valence-electron chi connectivity index (χ1n) is 8.57. The van der Waals surface area contributed by atoms with Crippen LogP contribution in [0.25, 0.3) is 0 Å². The fourth-order valence-electron chi connectivity index (χ4n) is 2.73. The highest BCUT2D eigenvalue weighted by atomic mass is 32.2.